The number of hydrogen-bond acceptors (Lipinski definition) is 5. The minimum Gasteiger partial charge on any atom is -0.480 e. The fourth-order valence-corrected chi connectivity index (χ4v) is 2.12. The van der Waals surface area contributed by atoms with Crippen LogP contribution in [0.15, 0.2) is 30.5 Å². The largest absolute Gasteiger partial charge is 0.480 e. The van der Waals surface area contributed by atoms with Gasteiger partial charge in [-0.1, -0.05) is 29.8 Å². The van der Waals surface area contributed by atoms with Gasteiger partial charge in [-0.2, -0.15) is 4.98 Å². The van der Waals surface area contributed by atoms with E-state index in [1.807, 2.05) is 13.1 Å². The third-order valence-corrected chi connectivity index (χ3v) is 3.08. The molecule has 1 atom stereocenters. The lowest BCUT2D eigenvalue weighted by Gasteiger charge is -2.18. The highest BCUT2D eigenvalue weighted by Gasteiger charge is 2.20. The predicted molar refractivity (Wildman–Crippen MR) is 77.2 cm³/mol. The average molecular weight is 273 g/mol. The summed E-state index contributed by atoms with van der Waals surface area (Å²) in [5.74, 6) is 0.898. The fourth-order valence-electron chi connectivity index (χ4n) is 2.12. The summed E-state index contributed by atoms with van der Waals surface area (Å²) in [6, 6.07) is 8.18. The molecule has 5 heteroatoms. The molecule has 20 heavy (non-hydrogen) atoms. The van der Waals surface area contributed by atoms with Crippen molar-refractivity contribution in [3.05, 3.63) is 47.3 Å². The van der Waals surface area contributed by atoms with Gasteiger partial charge in [-0.3, -0.25) is 0 Å². The molecule has 0 aliphatic carbocycles. The first kappa shape index (κ1) is 14.3. The molecule has 5 nitrogen and oxygen atoms in total. The second-order valence-electron chi connectivity index (χ2n) is 4.44. The second kappa shape index (κ2) is 6.34. The molecule has 1 aromatic heterocycles. The van der Waals surface area contributed by atoms with Gasteiger partial charge in [-0.05, 0) is 19.5 Å². The van der Waals surface area contributed by atoms with Crippen LogP contribution in [-0.4, -0.2) is 31.2 Å². The van der Waals surface area contributed by atoms with E-state index in [4.69, 9.17) is 9.47 Å². The van der Waals surface area contributed by atoms with E-state index < -0.39 is 0 Å². The van der Waals surface area contributed by atoms with E-state index in [0.29, 0.717) is 11.8 Å². The van der Waals surface area contributed by atoms with Gasteiger partial charge in [-0.15, -0.1) is 0 Å². The lowest BCUT2D eigenvalue weighted by molar-refractivity contribution is 0.353. The predicted octanol–water partition coefficient (Wildman–Crippen LogP) is 2.11. The third kappa shape index (κ3) is 2.88. The van der Waals surface area contributed by atoms with Crippen molar-refractivity contribution in [1.29, 1.82) is 0 Å². The van der Waals surface area contributed by atoms with Crippen molar-refractivity contribution in [3.63, 3.8) is 0 Å². The lowest BCUT2D eigenvalue weighted by Crippen LogP contribution is -2.20. The van der Waals surface area contributed by atoms with Crippen LogP contribution in [0.25, 0.3) is 0 Å². The van der Waals surface area contributed by atoms with E-state index in [9.17, 15) is 0 Å². The number of nitrogens with one attached hydrogen (secondary N) is 1. The summed E-state index contributed by atoms with van der Waals surface area (Å²) in [6.07, 6.45) is 1.60. The molecule has 0 saturated heterocycles. The summed E-state index contributed by atoms with van der Waals surface area (Å²) in [6.45, 7) is 2.06. The Balaban J connectivity index is 2.46. The smallest absolute Gasteiger partial charge is 0.240 e. The normalized spacial score (nSPS) is 12.0. The van der Waals surface area contributed by atoms with Crippen molar-refractivity contribution >= 4 is 0 Å². The van der Waals surface area contributed by atoms with Crippen LogP contribution < -0.4 is 14.8 Å². The van der Waals surface area contributed by atoms with E-state index in [2.05, 4.69) is 40.4 Å². The SMILES string of the molecule is CNC(c1cccc(C)c1)c1ncc(OC)nc1OC. The van der Waals surface area contributed by atoms with E-state index in [1.165, 1.54) is 5.56 Å². The first-order chi connectivity index (χ1) is 9.69. The van der Waals surface area contributed by atoms with Gasteiger partial charge in [0.1, 0.15) is 5.69 Å². The number of aryl methyl sites for hydroxylation is 1. The molecular formula is C15H19N3O2. The molecule has 0 aliphatic rings. The molecule has 1 heterocycles. The number of methoxy groups -OCH3 is 2. The molecule has 0 saturated carbocycles. The molecule has 1 unspecified atom stereocenters. The molecule has 0 amide bonds. The molecule has 2 aromatic rings. The van der Waals surface area contributed by atoms with E-state index in [0.717, 1.165) is 11.3 Å². The lowest BCUT2D eigenvalue weighted by atomic mass is 10.0. The maximum atomic E-state index is 5.33. The Morgan fingerprint density at radius 1 is 1.20 bits per heavy atom. The first-order valence-electron chi connectivity index (χ1n) is 6.38. The highest BCUT2D eigenvalue weighted by Crippen LogP contribution is 2.28. The molecule has 0 bridgehead atoms. The highest BCUT2D eigenvalue weighted by molar-refractivity contribution is 5.36. The van der Waals surface area contributed by atoms with Crippen LogP contribution >= 0.6 is 0 Å². The number of benzene rings is 1. The van der Waals surface area contributed by atoms with Gasteiger partial charge >= 0.3 is 0 Å². The Bertz CT molecular complexity index is 587. The Labute approximate surface area is 119 Å². The van der Waals surface area contributed by atoms with Crippen molar-refractivity contribution in [2.24, 2.45) is 0 Å². The number of aromatic nitrogens is 2. The third-order valence-electron chi connectivity index (χ3n) is 3.08. The molecular weight excluding hydrogens is 254 g/mol. The number of ether oxygens (including phenoxy) is 2. The van der Waals surface area contributed by atoms with Gasteiger partial charge in [-0.25, -0.2) is 4.98 Å². The summed E-state index contributed by atoms with van der Waals surface area (Å²) in [7, 11) is 5.02. The zero-order chi connectivity index (χ0) is 14.5. The van der Waals surface area contributed by atoms with Gasteiger partial charge in [0.15, 0.2) is 0 Å². The summed E-state index contributed by atoms with van der Waals surface area (Å²) in [5.41, 5.74) is 3.05. The van der Waals surface area contributed by atoms with Gasteiger partial charge in [0, 0.05) is 0 Å². The van der Waals surface area contributed by atoms with Crippen LogP contribution in [0, 0.1) is 6.92 Å². The average Bonchev–Trinajstić information content (AvgIpc) is 2.48. The maximum absolute atomic E-state index is 5.33. The summed E-state index contributed by atoms with van der Waals surface area (Å²) >= 11 is 0. The molecule has 1 N–H and O–H groups in total. The minimum absolute atomic E-state index is 0.0803. The molecule has 0 fully saturated rings. The zero-order valence-corrected chi connectivity index (χ0v) is 12.2. The van der Waals surface area contributed by atoms with Crippen LogP contribution in [0.1, 0.15) is 22.9 Å². The van der Waals surface area contributed by atoms with Crippen LogP contribution in [0.3, 0.4) is 0 Å². The Kier molecular flexibility index (Phi) is 4.53. The molecule has 0 aliphatic heterocycles. The maximum Gasteiger partial charge on any atom is 0.240 e. The first-order valence-corrected chi connectivity index (χ1v) is 6.38. The van der Waals surface area contributed by atoms with Crippen LogP contribution in [0.5, 0.6) is 11.8 Å². The number of hydrogen-bond donors (Lipinski definition) is 1. The number of nitrogens with zero attached hydrogens (tertiary/aromatic N) is 2. The molecule has 0 spiro atoms. The standard InChI is InChI=1S/C15H19N3O2/c1-10-6-5-7-11(8-10)13(16-2)14-15(20-4)18-12(19-3)9-17-14/h5-9,13,16H,1-4H3. The molecule has 1 aromatic carbocycles. The molecule has 106 valence electrons. The van der Waals surface area contributed by atoms with Crippen molar-refractivity contribution in [3.8, 4) is 11.8 Å². The highest BCUT2D eigenvalue weighted by atomic mass is 16.5. The molecule has 0 radical (unpaired) electrons. The fraction of sp³-hybridized carbons (Fsp3) is 0.333. The quantitative estimate of drug-likeness (QED) is 0.904. The number of rotatable bonds is 5. The summed E-state index contributed by atoms with van der Waals surface area (Å²) in [5, 5.41) is 3.25. The van der Waals surface area contributed by atoms with Crippen LogP contribution in [0.4, 0.5) is 0 Å². The van der Waals surface area contributed by atoms with Gasteiger partial charge in [0.2, 0.25) is 11.8 Å². The van der Waals surface area contributed by atoms with Gasteiger partial charge in [0.05, 0.1) is 26.5 Å². The van der Waals surface area contributed by atoms with Crippen molar-refractivity contribution < 1.29 is 9.47 Å². The Hall–Kier alpha value is -2.14. The van der Waals surface area contributed by atoms with Crippen LogP contribution in [-0.2, 0) is 0 Å². The van der Waals surface area contributed by atoms with Crippen molar-refractivity contribution in [2.75, 3.05) is 21.3 Å². The van der Waals surface area contributed by atoms with Crippen molar-refractivity contribution in [2.45, 2.75) is 13.0 Å². The van der Waals surface area contributed by atoms with Gasteiger partial charge < -0.3 is 14.8 Å². The second-order valence-corrected chi connectivity index (χ2v) is 4.44. The summed E-state index contributed by atoms with van der Waals surface area (Å²) in [4.78, 5) is 8.70. The van der Waals surface area contributed by atoms with E-state index in [-0.39, 0.29) is 6.04 Å². The minimum atomic E-state index is -0.0803. The Morgan fingerprint density at radius 3 is 2.60 bits per heavy atom. The topological polar surface area (TPSA) is 56.3 Å². The van der Waals surface area contributed by atoms with Gasteiger partial charge in [0.25, 0.3) is 0 Å². The van der Waals surface area contributed by atoms with Crippen LogP contribution in [0.2, 0.25) is 0 Å². The summed E-state index contributed by atoms with van der Waals surface area (Å²) < 4.78 is 10.4. The van der Waals surface area contributed by atoms with E-state index in [1.54, 1.807) is 20.4 Å². The Morgan fingerprint density at radius 2 is 2.00 bits per heavy atom. The monoisotopic (exact) mass is 273 g/mol. The molecule has 2 rings (SSSR count). The zero-order valence-electron chi connectivity index (χ0n) is 12.2. The van der Waals surface area contributed by atoms with E-state index >= 15 is 0 Å². The van der Waals surface area contributed by atoms with Crippen molar-refractivity contribution in [1.82, 2.24) is 15.3 Å².